The predicted octanol–water partition coefficient (Wildman–Crippen LogP) is 2.31. The summed E-state index contributed by atoms with van der Waals surface area (Å²) in [5.74, 6) is -0.0859. The van der Waals surface area contributed by atoms with Crippen LogP contribution in [0.5, 0.6) is 0 Å². The van der Waals surface area contributed by atoms with Gasteiger partial charge in [-0.3, -0.25) is 14.4 Å². The third-order valence-corrected chi connectivity index (χ3v) is 5.78. The maximum absolute atomic E-state index is 13.0. The van der Waals surface area contributed by atoms with Gasteiger partial charge in [0.25, 0.3) is 0 Å². The number of rotatable bonds is 3. The number of hydrogen-bond donors (Lipinski definition) is 0. The van der Waals surface area contributed by atoms with Crippen LogP contribution in [0.3, 0.4) is 0 Å². The highest BCUT2D eigenvalue weighted by Crippen LogP contribution is 2.29. The summed E-state index contributed by atoms with van der Waals surface area (Å²) in [5.41, 5.74) is 0.677. The number of nitrogens with zero attached hydrogens (tertiary/aromatic N) is 3. The molecule has 0 aromatic heterocycles. The standard InChI is InChI=1S/C22H31N3O3/c1-16(17-8-6-5-7-9-17)25-15-18(14-19(25)26)20(27)23-10-12-24(13-11-23)21(28)22(2,3)4/h5-9,16,18H,10-15H2,1-4H3. The van der Waals surface area contributed by atoms with Gasteiger partial charge in [-0.25, -0.2) is 0 Å². The molecule has 1 aromatic carbocycles. The molecule has 28 heavy (non-hydrogen) atoms. The van der Waals surface area contributed by atoms with Gasteiger partial charge in [0.15, 0.2) is 0 Å². The summed E-state index contributed by atoms with van der Waals surface area (Å²) >= 11 is 0. The van der Waals surface area contributed by atoms with Gasteiger partial charge in [0, 0.05) is 44.6 Å². The van der Waals surface area contributed by atoms with Crippen LogP contribution >= 0.6 is 0 Å². The molecular formula is C22H31N3O3. The largest absolute Gasteiger partial charge is 0.339 e. The van der Waals surface area contributed by atoms with E-state index in [-0.39, 0.29) is 36.1 Å². The first kappa shape index (κ1) is 20.4. The molecule has 3 rings (SSSR count). The average molecular weight is 386 g/mol. The van der Waals surface area contributed by atoms with Crippen molar-refractivity contribution in [2.75, 3.05) is 32.7 Å². The van der Waals surface area contributed by atoms with E-state index in [0.717, 1.165) is 5.56 Å². The summed E-state index contributed by atoms with van der Waals surface area (Å²) < 4.78 is 0. The van der Waals surface area contributed by atoms with Crippen molar-refractivity contribution in [3.8, 4) is 0 Å². The topological polar surface area (TPSA) is 60.9 Å². The van der Waals surface area contributed by atoms with Crippen LogP contribution in [-0.2, 0) is 14.4 Å². The zero-order valence-corrected chi connectivity index (χ0v) is 17.4. The molecule has 2 unspecified atom stereocenters. The zero-order valence-electron chi connectivity index (χ0n) is 17.4. The number of likely N-dealkylation sites (tertiary alicyclic amines) is 1. The molecule has 152 valence electrons. The first-order valence-electron chi connectivity index (χ1n) is 10.1. The predicted molar refractivity (Wildman–Crippen MR) is 107 cm³/mol. The van der Waals surface area contributed by atoms with E-state index in [1.165, 1.54) is 0 Å². The lowest BCUT2D eigenvalue weighted by molar-refractivity contribution is -0.146. The quantitative estimate of drug-likeness (QED) is 0.802. The molecular weight excluding hydrogens is 354 g/mol. The Hall–Kier alpha value is -2.37. The molecule has 2 saturated heterocycles. The molecule has 0 saturated carbocycles. The minimum absolute atomic E-state index is 0.0345. The maximum atomic E-state index is 13.0. The molecule has 0 radical (unpaired) electrons. The van der Waals surface area contributed by atoms with Crippen molar-refractivity contribution in [1.29, 1.82) is 0 Å². The Morgan fingerprint density at radius 2 is 1.57 bits per heavy atom. The molecule has 0 bridgehead atoms. The number of amides is 3. The summed E-state index contributed by atoms with van der Waals surface area (Å²) in [6.45, 7) is 10.4. The van der Waals surface area contributed by atoms with Crippen LogP contribution in [0.1, 0.15) is 45.7 Å². The Labute approximate surface area is 167 Å². The van der Waals surface area contributed by atoms with Crippen LogP contribution in [0.2, 0.25) is 0 Å². The van der Waals surface area contributed by atoms with E-state index in [1.54, 1.807) is 0 Å². The third-order valence-electron chi connectivity index (χ3n) is 5.78. The van der Waals surface area contributed by atoms with Crippen molar-refractivity contribution >= 4 is 17.7 Å². The first-order chi connectivity index (χ1) is 13.2. The monoisotopic (exact) mass is 385 g/mol. The van der Waals surface area contributed by atoms with Gasteiger partial charge in [0.2, 0.25) is 17.7 Å². The summed E-state index contributed by atoms with van der Waals surface area (Å²) in [6, 6.07) is 9.88. The van der Waals surface area contributed by atoms with Crippen LogP contribution < -0.4 is 0 Å². The van der Waals surface area contributed by atoms with Crippen LogP contribution in [0.4, 0.5) is 0 Å². The van der Waals surface area contributed by atoms with E-state index in [0.29, 0.717) is 32.7 Å². The van der Waals surface area contributed by atoms with E-state index in [1.807, 2.05) is 72.7 Å². The highest BCUT2D eigenvalue weighted by atomic mass is 16.2. The lowest BCUT2D eigenvalue weighted by atomic mass is 9.94. The van der Waals surface area contributed by atoms with Crippen molar-refractivity contribution in [3.05, 3.63) is 35.9 Å². The second kappa shape index (κ2) is 7.94. The number of piperazine rings is 1. The van der Waals surface area contributed by atoms with E-state index in [2.05, 4.69) is 0 Å². The third kappa shape index (κ3) is 4.21. The van der Waals surface area contributed by atoms with Crippen LogP contribution in [0.15, 0.2) is 30.3 Å². The molecule has 0 N–H and O–H groups in total. The normalized spacial score (nSPS) is 21.8. The molecule has 2 fully saturated rings. The number of carbonyl (C=O) groups excluding carboxylic acids is 3. The van der Waals surface area contributed by atoms with Gasteiger partial charge in [-0.2, -0.15) is 0 Å². The Morgan fingerprint density at radius 1 is 1.00 bits per heavy atom. The molecule has 6 heteroatoms. The summed E-state index contributed by atoms with van der Waals surface area (Å²) in [6.07, 6.45) is 0.275. The number of benzene rings is 1. The van der Waals surface area contributed by atoms with E-state index in [4.69, 9.17) is 0 Å². The SMILES string of the molecule is CC(c1ccccc1)N1CC(C(=O)N2CCN(C(=O)C(C)(C)C)CC2)CC1=O. The van der Waals surface area contributed by atoms with Crippen molar-refractivity contribution in [2.24, 2.45) is 11.3 Å². The second-order valence-corrected chi connectivity index (χ2v) is 8.90. The lowest BCUT2D eigenvalue weighted by Gasteiger charge is -2.38. The van der Waals surface area contributed by atoms with E-state index >= 15 is 0 Å². The molecule has 3 amide bonds. The van der Waals surface area contributed by atoms with Crippen molar-refractivity contribution < 1.29 is 14.4 Å². The van der Waals surface area contributed by atoms with Crippen molar-refractivity contribution in [2.45, 2.75) is 40.2 Å². The Morgan fingerprint density at radius 3 is 2.14 bits per heavy atom. The fraction of sp³-hybridized carbons (Fsp3) is 0.591. The van der Waals surface area contributed by atoms with E-state index < -0.39 is 5.41 Å². The molecule has 1 aromatic rings. The van der Waals surface area contributed by atoms with Crippen LogP contribution in [0, 0.1) is 11.3 Å². The minimum Gasteiger partial charge on any atom is -0.339 e. The first-order valence-corrected chi connectivity index (χ1v) is 10.1. The lowest BCUT2D eigenvalue weighted by Crippen LogP contribution is -2.54. The minimum atomic E-state index is -0.405. The molecule has 2 atom stereocenters. The van der Waals surface area contributed by atoms with Crippen molar-refractivity contribution in [1.82, 2.24) is 14.7 Å². The van der Waals surface area contributed by atoms with Crippen molar-refractivity contribution in [3.63, 3.8) is 0 Å². The maximum Gasteiger partial charge on any atom is 0.228 e. The van der Waals surface area contributed by atoms with Crippen LogP contribution in [0.25, 0.3) is 0 Å². The Balaban J connectivity index is 1.58. The highest BCUT2D eigenvalue weighted by Gasteiger charge is 2.40. The van der Waals surface area contributed by atoms with Crippen LogP contribution in [-0.4, -0.2) is 65.1 Å². The van der Waals surface area contributed by atoms with E-state index in [9.17, 15) is 14.4 Å². The summed E-state index contributed by atoms with van der Waals surface area (Å²) in [7, 11) is 0. The van der Waals surface area contributed by atoms with Gasteiger partial charge in [-0.1, -0.05) is 51.1 Å². The Bertz CT molecular complexity index is 733. The molecule has 0 spiro atoms. The smallest absolute Gasteiger partial charge is 0.228 e. The number of hydrogen-bond acceptors (Lipinski definition) is 3. The average Bonchev–Trinajstić information content (AvgIpc) is 3.08. The summed E-state index contributed by atoms with van der Waals surface area (Å²) in [4.78, 5) is 43.4. The van der Waals surface area contributed by atoms with Gasteiger partial charge >= 0.3 is 0 Å². The Kier molecular flexibility index (Phi) is 5.77. The molecule has 6 nitrogen and oxygen atoms in total. The molecule has 2 aliphatic rings. The summed E-state index contributed by atoms with van der Waals surface area (Å²) in [5, 5.41) is 0. The van der Waals surface area contributed by atoms with Gasteiger partial charge in [0.1, 0.15) is 0 Å². The van der Waals surface area contributed by atoms with Gasteiger partial charge in [-0.15, -0.1) is 0 Å². The molecule has 2 aliphatic heterocycles. The fourth-order valence-corrected chi connectivity index (χ4v) is 4.05. The number of carbonyl (C=O) groups is 3. The van der Waals surface area contributed by atoms with Gasteiger partial charge < -0.3 is 14.7 Å². The molecule has 0 aliphatic carbocycles. The highest BCUT2D eigenvalue weighted by molar-refractivity contribution is 5.89. The van der Waals surface area contributed by atoms with Gasteiger partial charge in [0.05, 0.1) is 12.0 Å². The fourth-order valence-electron chi connectivity index (χ4n) is 4.05. The second-order valence-electron chi connectivity index (χ2n) is 8.90. The zero-order chi connectivity index (χ0) is 20.5. The molecule has 2 heterocycles. The van der Waals surface area contributed by atoms with Gasteiger partial charge in [-0.05, 0) is 12.5 Å².